The molecule has 1 aromatic carbocycles. The number of nitrogens with zero attached hydrogens (tertiary/aromatic N) is 2. The molecule has 0 aliphatic heterocycles. The van der Waals surface area contributed by atoms with Crippen molar-refractivity contribution in [3.8, 4) is 0 Å². The standard InChI is InChI=1S/C13H17FN4/c1-18(9-12-8-13(15)17-16-12)6-5-10-3-2-4-11(14)7-10/h2-4,7-8H,5-6,9H2,1H3,(H3,15,16,17). The van der Waals surface area contributed by atoms with Crippen molar-refractivity contribution in [1.82, 2.24) is 15.1 Å². The summed E-state index contributed by atoms with van der Waals surface area (Å²) in [6.07, 6.45) is 0.817. The zero-order chi connectivity index (χ0) is 13.0. The smallest absolute Gasteiger partial charge is 0.145 e. The summed E-state index contributed by atoms with van der Waals surface area (Å²) >= 11 is 0. The van der Waals surface area contributed by atoms with E-state index in [0.29, 0.717) is 5.82 Å². The number of H-pyrrole nitrogens is 1. The second-order valence-electron chi connectivity index (χ2n) is 4.44. The quantitative estimate of drug-likeness (QED) is 0.848. The third kappa shape index (κ3) is 3.56. The molecule has 0 amide bonds. The van der Waals surface area contributed by atoms with Gasteiger partial charge in [0.25, 0.3) is 0 Å². The number of benzene rings is 1. The average molecular weight is 248 g/mol. The molecule has 3 N–H and O–H groups in total. The fourth-order valence-corrected chi connectivity index (χ4v) is 1.84. The second-order valence-corrected chi connectivity index (χ2v) is 4.44. The highest BCUT2D eigenvalue weighted by Crippen LogP contribution is 2.07. The van der Waals surface area contributed by atoms with Gasteiger partial charge in [-0.3, -0.25) is 5.10 Å². The highest BCUT2D eigenvalue weighted by molar-refractivity contribution is 5.28. The minimum Gasteiger partial charge on any atom is -0.382 e. The lowest BCUT2D eigenvalue weighted by molar-refractivity contribution is 0.327. The third-order valence-corrected chi connectivity index (χ3v) is 2.76. The lowest BCUT2D eigenvalue weighted by Crippen LogP contribution is -2.21. The molecule has 96 valence electrons. The van der Waals surface area contributed by atoms with Gasteiger partial charge in [0.2, 0.25) is 0 Å². The van der Waals surface area contributed by atoms with E-state index in [1.165, 1.54) is 6.07 Å². The van der Waals surface area contributed by atoms with Crippen LogP contribution in [0.4, 0.5) is 10.2 Å². The van der Waals surface area contributed by atoms with Gasteiger partial charge in [-0.05, 0) is 31.2 Å². The monoisotopic (exact) mass is 248 g/mol. The summed E-state index contributed by atoms with van der Waals surface area (Å²) in [5.41, 5.74) is 7.52. The number of hydrogen-bond donors (Lipinski definition) is 2. The second kappa shape index (κ2) is 5.64. The van der Waals surface area contributed by atoms with Gasteiger partial charge in [-0.15, -0.1) is 0 Å². The molecule has 2 rings (SSSR count). The van der Waals surface area contributed by atoms with E-state index in [9.17, 15) is 4.39 Å². The van der Waals surface area contributed by atoms with Crippen LogP contribution in [0.2, 0.25) is 0 Å². The van der Waals surface area contributed by atoms with Crippen molar-refractivity contribution < 1.29 is 4.39 Å². The van der Waals surface area contributed by atoms with Gasteiger partial charge in [0.15, 0.2) is 0 Å². The normalized spacial score (nSPS) is 11.1. The molecule has 0 bridgehead atoms. The largest absolute Gasteiger partial charge is 0.382 e. The van der Waals surface area contributed by atoms with E-state index in [1.807, 2.05) is 19.2 Å². The minimum absolute atomic E-state index is 0.184. The zero-order valence-corrected chi connectivity index (χ0v) is 10.4. The molecule has 0 saturated carbocycles. The summed E-state index contributed by atoms with van der Waals surface area (Å²) in [6, 6.07) is 8.52. The van der Waals surface area contributed by atoms with Crippen molar-refractivity contribution in [2.45, 2.75) is 13.0 Å². The van der Waals surface area contributed by atoms with Crippen molar-refractivity contribution in [3.05, 3.63) is 47.4 Å². The Bertz CT molecular complexity index is 509. The Morgan fingerprint density at radius 3 is 2.89 bits per heavy atom. The average Bonchev–Trinajstić information content (AvgIpc) is 2.72. The fourth-order valence-electron chi connectivity index (χ4n) is 1.84. The predicted molar refractivity (Wildman–Crippen MR) is 69.4 cm³/mol. The number of likely N-dealkylation sites (N-methyl/N-ethyl adjacent to an activating group) is 1. The first-order valence-corrected chi connectivity index (χ1v) is 5.86. The van der Waals surface area contributed by atoms with Gasteiger partial charge in [-0.2, -0.15) is 5.10 Å². The minimum atomic E-state index is -0.184. The molecule has 0 atom stereocenters. The number of aromatic nitrogens is 2. The Kier molecular flexibility index (Phi) is 3.94. The topological polar surface area (TPSA) is 57.9 Å². The molecule has 5 heteroatoms. The van der Waals surface area contributed by atoms with Gasteiger partial charge in [-0.25, -0.2) is 4.39 Å². The zero-order valence-electron chi connectivity index (χ0n) is 10.4. The van der Waals surface area contributed by atoms with Crippen molar-refractivity contribution in [2.24, 2.45) is 0 Å². The van der Waals surface area contributed by atoms with Crippen LogP contribution in [0.1, 0.15) is 11.3 Å². The molecule has 0 fully saturated rings. The Hall–Kier alpha value is -1.88. The maximum absolute atomic E-state index is 13.0. The first-order chi connectivity index (χ1) is 8.63. The van der Waals surface area contributed by atoms with Gasteiger partial charge in [0.1, 0.15) is 11.6 Å². The van der Waals surface area contributed by atoms with Crippen molar-refractivity contribution in [3.63, 3.8) is 0 Å². The van der Waals surface area contributed by atoms with Gasteiger partial charge in [0, 0.05) is 19.2 Å². The lowest BCUT2D eigenvalue weighted by Gasteiger charge is -2.15. The van der Waals surface area contributed by atoms with Crippen LogP contribution in [0.25, 0.3) is 0 Å². The van der Waals surface area contributed by atoms with Gasteiger partial charge in [-0.1, -0.05) is 12.1 Å². The van der Waals surface area contributed by atoms with E-state index in [-0.39, 0.29) is 5.82 Å². The van der Waals surface area contributed by atoms with Crippen LogP contribution >= 0.6 is 0 Å². The summed E-state index contributed by atoms with van der Waals surface area (Å²) in [7, 11) is 2.01. The summed E-state index contributed by atoms with van der Waals surface area (Å²) in [5.74, 6) is 0.319. The molecule has 18 heavy (non-hydrogen) atoms. The lowest BCUT2D eigenvalue weighted by atomic mass is 10.1. The van der Waals surface area contributed by atoms with E-state index in [1.54, 1.807) is 12.1 Å². The Morgan fingerprint density at radius 1 is 1.39 bits per heavy atom. The highest BCUT2D eigenvalue weighted by atomic mass is 19.1. The van der Waals surface area contributed by atoms with Crippen LogP contribution in [-0.4, -0.2) is 28.7 Å². The van der Waals surface area contributed by atoms with E-state index in [2.05, 4.69) is 15.1 Å². The SMILES string of the molecule is CN(CCc1cccc(F)c1)Cc1cc(N)n[nH]1. The van der Waals surface area contributed by atoms with Gasteiger partial charge < -0.3 is 10.6 Å². The Balaban J connectivity index is 1.83. The van der Waals surface area contributed by atoms with Gasteiger partial charge in [0.05, 0.1) is 5.69 Å². The number of aromatic amines is 1. The molecule has 0 unspecified atom stereocenters. The summed E-state index contributed by atoms with van der Waals surface area (Å²) in [5, 5.41) is 6.74. The first-order valence-electron chi connectivity index (χ1n) is 5.86. The van der Waals surface area contributed by atoms with E-state index in [4.69, 9.17) is 5.73 Å². The number of hydrogen-bond acceptors (Lipinski definition) is 3. The van der Waals surface area contributed by atoms with Crippen LogP contribution < -0.4 is 5.73 Å². The predicted octanol–water partition coefficient (Wildman–Crippen LogP) is 1.81. The van der Waals surface area contributed by atoms with E-state index >= 15 is 0 Å². The number of rotatable bonds is 5. The molecule has 4 nitrogen and oxygen atoms in total. The molecule has 0 aliphatic carbocycles. The maximum Gasteiger partial charge on any atom is 0.145 e. The van der Waals surface area contributed by atoms with Crippen molar-refractivity contribution in [1.29, 1.82) is 0 Å². The van der Waals surface area contributed by atoms with Crippen molar-refractivity contribution in [2.75, 3.05) is 19.3 Å². The molecule has 1 heterocycles. The fraction of sp³-hybridized carbons (Fsp3) is 0.308. The van der Waals surface area contributed by atoms with Crippen LogP contribution in [0.15, 0.2) is 30.3 Å². The molecule has 0 spiro atoms. The molecular weight excluding hydrogens is 231 g/mol. The number of halogens is 1. The molecule has 0 saturated heterocycles. The van der Waals surface area contributed by atoms with Crippen LogP contribution in [-0.2, 0) is 13.0 Å². The molecule has 0 aliphatic rings. The number of anilines is 1. The number of nitrogen functional groups attached to an aromatic ring is 1. The highest BCUT2D eigenvalue weighted by Gasteiger charge is 2.04. The van der Waals surface area contributed by atoms with Crippen LogP contribution in [0.5, 0.6) is 0 Å². The summed E-state index contributed by atoms with van der Waals surface area (Å²) in [4.78, 5) is 2.14. The molecular formula is C13H17FN4. The Morgan fingerprint density at radius 2 is 2.22 bits per heavy atom. The first kappa shape index (κ1) is 12.6. The van der Waals surface area contributed by atoms with Crippen molar-refractivity contribution >= 4 is 5.82 Å². The van der Waals surface area contributed by atoms with Crippen LogP contribution in [0.3, 0.4) is 0 Å². The van der Waals surface area contributed by atoms with Gasteiger partial charge >= 0.3 is 0 Å². The summed E-state index contributed by atoms with van der Waals surface area (Å²) < 4.78 is 13.0. The summed E-state index contributed by atoms with van der Waals surface area (Å²) in [6.45, 7) is 1.60. The van der Waals surface area contributed by atoms with E-state index in [0.717, 1.165) is 30.8 Å². The Labute approximate surface area is 106 Å². The molecule has 0 radical (unpaired) electrons. The van der Waals surface area contributed by atoms with E-state index < -0.39 is 0 Å². The third-order valence-electron chi connectivity index (χ3n) is 2.76. The molecule has 2 aromatic rings. The number of nitrogens with two attached hydrogens (primary N) is 1. The number of nitrogens with one attached hydrogen (secondary N) is 1. The molecule has 1 aromatic heterocycles. The van der Waals surface area contributed by atoms with Crippen LogP contribution in [0, 0.1) is 5.82 Å². The maximum atomic E-state index is 13.0.